The molecule has 0 aliphatic heterocycles. The van der Waals surface area contributed by atoms with Crippen LogP contribution in [0.15, 0.2) is 36.5 Å². The van der Waals surface area contributed by atoms with Gasteiger partial charge in [-0.05, 0) is 23.8 Å². The van der Waals surface area contributed by atoms with Crippen LogP contribution in [-0.4, -0.2) is 28.7 Å². The van der Waals surface area contributed by atoms with E-state index >= 15 is 0 Å². The number of methoxy groups -OCH3 is 1. The fraction of sp³-hybridized carbons (Fsp3) is 0.143. The van der Waals surface area contributed by atoms with E-state index < -0.39 is 11.9 Å². The molecule has 6 nitrogen and oxygen atoms in total. The van der Waals surface area contributed by atoms with Crippen molar-refractivity contribution in [1.29, 1.82) is 0 Å². The monoisotopic (exact) mass is 274 g/mol. The lowest BCUT2D eigenvalue weighted by molar-refractivity contribution is 0.0588. The van der Waals surface area contributed by atoms with Gasteiger partial charge in [-0.15, -0.1) is 0 Å². The predicted octanol–water partition coefficient (Wildman–Crippen LogP) is 1.60. The highest BCUT2D eigenvalue weighted by atomic mass is 16.5. The van der Waals surface area contributed by atoms with Gasteiger partial charge in [-0.3, -0.25) is 0 Å². The Balaban J connectivity index is 2.25. The summed E-state index contributed by atoms with van der Waals surface area (Å²) in [6.45, 7) is 0.404. The van der Waals surface area contributed by atoms with Crippen molar-refractivity contribution in [3.8, 4) is 0 Å². The Morgan fingerprint density at radius 2 is 1.95 bits per heavy atom. The van der Waals surface area contributed by atoms with Crippen molar-refractivity contribution in [1.82, 2.24) is 4.57 Å². The van der Waals surface area contributed by atoms with E-state index in [9.17, 15) is 9.59 Å². The molecule has 0 radical (unpaired) electrons. The van der Waals surface area contributed by atoms with Crippen molar-refractivity contribution < 1.29 is 19.4 Å². The van der Waals surface area contributed by atoms with Gasteiger partial charge in [0.25, 0.3) is 0 Å². The van der Waals surface area contributed by atoms with Crippen LogP contribution in [0.5, 0.6) is 0 Å². The number of nitrogens with two attached hydrogens (primary N) is 1. The lowest BCUT2D eigenvalue weighted by Gasteiger charge is -2.08. The highest BCUT2D eigenvalue weighted by Gasteiger charge is 2.13. The molecule has 0 atom stereocenters. The molecule has 0 saturated heterocycles. The Morgan fingerprint density at radius 1 is 1.30 bits per heavy atom. The Labute approximate surface area is 115 Å². The van der Waals surface area contributed by atoms with E-state index in [1.165, 1.54) is 25.3 Å². The molecule has 0 spiro atoms. The zero-order chi connectivity index (χ0) is 14.7. The van der Waals surface area contributed by atoms with Crippen molar-refractivity contribution in [3.63, 3.8) is 0 Å². The van der Waals surface area contributed by atoms with Gasteiger partial charge in [0, 0.05) is 12.7 Å². The zero-order valence-electron chi connectivity index (χ0n) is 10.9. The third-order valence-electron chi connectivity index (χ3n) is 2.87. The van der Waals surface area contributed by atoms with E-state index in [1.54, 1.807) is 22.9 Å². The van der Waals surface area contributed by atoms with Gasteiger partial charge in [-0.1, -0.05) is 12.1 Å². The summed E-state index contributed by atoms with van der Waals surface area (Å²) in [5.41, 5.74) is 7.58. The molecule has 104 valence electrons. The van der Waals surface area contributed by atoms with Gasteiger partial charge in [-0.25, -0.2) is 9.59 Å². The first kappa shape index (κ1) is 13.7. The molecule has 1 heterocycles. The van der Waals surface area contributed by atoms with E-state index in [1.807, 2.05) is 0 Å². The predicted molar refractivity (Wildman–Crippen MR) is 72.7 cm³/mol. The largest absolute Gasteiger partial charge is 0.478 e. The standard InChI is InChI=1S/C14H14N2O4/c1-20-14(19)12-6-11(15)8-16(12)7-9-2-4-10(5-3-9)13(17)18/h2-6,8H,7,15H2,1H3,(H,17,18). The fourth-order valence-corrected chi connectivity index (χ4v) is 1.89. The third-order valence-corrected chi connectivity index (χ3v) is 2.87. The second-order valence-corrected chi connectivity index (χ2v) is 4.28. The SMILES string of the molecule is COC(=O)c1cc(N)cn1Cc1ccc(C(=O)O)cc1. The molecule has 0 saturated carbocycles. The number of nitrogen functional groups attached to an aromatic ring is 1. The van der Waals surface area contributed by atoms with Crippen LogP contribution in [0.3, 0.4) is 0 Å². The van der Waals surface area contributed by atoms with Gasteiger partial charge in [0.1, 0.15) is 5.69 Å². The van der Waals surface area contributed by atoms with Crippen molar-refractivity contribution in [3.05, 3.63) is 53.3 Å². The smallest absolute Gasteiger partial charge is 0.354 e. The third kappa shape index (κ3) is 2.80. The maximum absolute atomic E-state index is 11.6. The number of aromatic nitrogens is 1. The molecular formula is C14H14N2O4. The minimum absolute atomic E-state index is 0.217. The van der Waals surface area contributed by atoms with E-state index in [2.05, 4.69) is 4.74 Å². The number of rotatable bonds is 4. The number of esters is 1. The van der Waals surface area contributed by atoms with Crippen molar-refractivity contribution in [2.45, 2.75) is 6.54 Å². The minimum atomic E-state index is -0.975. The fourth-order valence-electron chi connectivity index (χ4n) is 1.89. The number of nitrogens with zero attached hydrogens (tertiary/aromatic N) is 1. The molecule has 2 aromatic rings. The molecule has 0 amide bonds. The number of carbonyl (C=O) groups excluding carboxylic acids is 1. The summed E-state index contributed by atoms with van der Waals surface area (Å²) in [5, 5.41) is 8.83. The summed E-state index contributed by atoms with van der Waals surface area (Å²) >= 11 is 0. The van der Waals surface area contributed by atoms with Gasteiger partial charge in [0.15, 0.2) is 0 Å². The van der Waals surface area contributed by atoms with Crippen LogP contribution in [0, 0.1) is 0 Å². The number of carboxylic acid groups (broad SMARTS) is 1. The van der Waals surface area contributed by atoms with E-state index in [0.717, 1.165) is 5.56 Å². The van der Waals surface area contributed by atoms with Crippen molar-refractivity contribution in [2.75, 3.05) is 12.8 Å². The van der Waals surface area contributed by atoms with Crippen LogP contribution in [0.4, 0.5) is 5.69 Å². The summed E-state index contributed by atoms with van der Waals surface area (Å²) in [7, 11) is 1.30. The number of aromatic carboxylic acids is 1. The average molecular weight is 274 g/mol. The average Bonchev–Trinajstić information content (AvgIpc) is 2.79. The van der Waals surface area contributed by atoms with Crippen LogP contribution in [0.1, 0.15) is 26.4 Å². The van der Waals surface area contributed by atoms with Crippen LogP contribution >= 0.6 is 0 Å². The number of ether oxygens (including phenoxy) is 1. The van der Waals surface area contributed by atoms with E-state index in [0.29, 0.717) is 17.9 Å². The molecule has 0 fully saturated rings. The maximum atomic E-state index is 11.6. The maximum Gasteiger partial charge on any atom is 0.354 e. The summed E-state index contributed by atoms with van der Waals surface area (Å²) in [6.07, 6.45) is 1.64. The summed E-state index contributed by atoms with van der Waals surface area (Å²) in [4.78, 5) is 22.4. The summed E-state index contributed by atoms with van der Waals surface area (Å²) < 4.78 is 6.35. The Morgan fingerprint density at radius 3 is 2.50 bits per heavy atom. The van der Waals surface area contributed by atoms with Crippen LogP contribution in [-0.2, 0) is 11.3 Å². The van der Waals surface area contributed by atoms with Gasteiger partial charge >= 0.3 is 11.9 Å². The summed E-state index contributed by atoms with van der Waals surface area (Å²) in [6, 6.07) is 7.96. The molecule has 0 aliphatic carbocycles. The number of benzene rings is 1. The Bertz CT molecular complexity index is 644. The zero-order valence-corrected chi connectivity index (χ0v) is 10.9. The number of carboxylic acids is 1. The highest BCUT2D eigenvalue weighted by Crippen LogP contribution is 2.15. The highest BCUT2D eigenvalue weighted by molar-refractivity contribution is 5.89. The Hall–Kier alpha value is -2.76. The van der Waals surface area contributed by atoms with Crippen molar-refractivity contribution in [2.24, 2.45) is 0 Å². The molecule has 1 aromatic carbocycles. The number of anilines is 1. The first-order chi connectivity index (χ1) is 9.51. The van der Waals surface area contributed by atoms with Gasteiger partial charge < -0.3 is 20.1 Å². The molecular weight excluding hydrogens is 260 g/mol. The normalized spacial score (nSPS) is 10.2. The van der Waals surface area contributed by atoms with Gasteiger partial charge in [0.05, 0.1) is 18.4 Å². The van der Waals surface area contributed by atoms with Crippen LogP contribution < -0.4 is 5.73 Å². The molecule has 2 rings (SSSR count). The molecule has 3 N–H and O–H groups in total. The first-order valence-electron chi connectivity index (χ1n) is 5.87. The van der Waals surface area contributed by atoms with E-state index in [4.69, 9.17) is 10.8 Å². The number of carbonyl (C=O) groups is 2. The lowest BCUT2D eigenvalue weighted by Crippen LogP contribution is -2.10. The lowest BCUT2D eigenvalue weighted by atomic mass is 10.1. The molecule has 0 unspecified atom stereocenters. The minimum Gasteiger partial charge on any atom is -0.478 e. The first-order valence-corrected chi connectivity index (χ1v) is 5.87. The molecule has 20 heavy (non-hydrogen) atoms. The second-order valence-electron chi connectivity index (χ2n) is 4.28. The summed E-state index contributed by atoms with van der Waals surface area (Å²) in [5.74, 6) is -1.44. The van der Waals surface area contributed by atoms with Crippen LogP contribution in [0.25, 0.3) is 0 Å². The molecule has 6 heteroatoms. The van der Waals surface area contributed by atoms with Crippen LogP contribution in [0.2, 0.25) is 0 Å². The molecule has 1 aromatic heterocycles. The molecule has 0 bridgehead atoms. The number of hydrogen-bond donors (Lipinski definition) is 2. The van der Waals surface area contributed by atoms with E-state index in [-0.39, 0.29) is 5.56 Å². The quantitative estimate of drug-likeness (QED) is 0.826. The van der Waals surface area contributed by atoms with Gasteiger partial charge in [-0.2, -0.15) is 0 Å². The number of hydrogen-bond acceptors (Lipinski definition) is 4. The Kier molecular flexibility index (Phi) is 3.74. The molecule has 0 aliphatic rings. The second kappa shape index (κ2) is 5.48. The van der Waals surface area contributed by atoms with Crippen molar-refractivity contribution >= 4 is 17.6 Å². The topological polar surface area (TPSA) is 94.5 Å². The van der Waals surface area contributed by atoms with Gasteiger partial charge in [0.2, 0.25) is 0 Å².